The van der Waals surface area contributed by atoms with E-state index >= 15 is 0 Å². The molecule has 1 amide bonds. The van der Waals surface area contributed by atoms with E-state index in [1.807, 2.05) is 11.0 Å². The largest absolute Gasteiger partial charge is 0.328 e. The van der Waals surface area contributed by atoms with Crippen LogP contribution in [0.2, 0.25) is 0 Å². The fourth-order valence-corrected chi connectivity index (χ4v) is 3.14. The maximum Gasteiger partial charge on any atom is 0.254 e. The molecule has 3 heteroatoms. The van der Waals surface area contributed by atoms with Crippen LogP contribution in [-0.2, 0) is 23.9 Å². The summed E-state index contributed by atoms with van der Waals surface area (Å²) in [6.07, 6.45) is 1.80. The topological polar surface area (TPSA) is 33.2 Å². The second kappa shape index (κ2) is 5.98. The molecule has 2 heterocycles. The van der Waals surface area contributed by atoms with Gasteiger partial charge in [-0.05, 0) is 45.7 Å². The highest BCUT2D eigenvalue weighted by molar-refractivity contribution is 5.95. The first-order valence-electron chi connectivity index (χ1n) is 8.94. The number of carbonyl (C=O) groups is 1. The zero-order valence-electron chi connectivity index (χ0n) is 16.2. The van der Waals surface area contributed by atoms with E-state index in [0.29, 0.717) is 13.1 Å². The summed E-state index contributed by atoms with van der Waals surface area (Å²) in [5, 5.41) is 0. The van der Waals surface area contributed by atoms with Crippen molar-refractivity contribution in [2.45, 2.75) is 65.5 Å². The van der Waals surface area contributed by atoms with Gasteiger partial charge in [-0.2, -0.15) is 0 Å². The molecule has 1 aliphatic rings. The van der Waals surface area contributed by atoms with Crippen LogP contribution < -0.4 is 0 Å². The molecule has 3 rings (SSSR count). The Morgan fingerprint density at radius 3 is 2.08 bits per heavy atom. The Bertz CT molecular complexity index is 752. The zero-order chi connectivity index (χ0) is 18.4. The second-order valence-corrected chi connectivity index (χ2v) is 9.07. The number of amides is 1. The molecule has 132 valence electrons. The summed E-state index contributed by atoms with van der Waals surface area (Å²) in [6, 6.07) is 10.4. The van der Waals surface area contributed by atoms with Crippen molar-refractivity contribution in [1.29, 1.82) is 0 Å². The summed E-state index contributed by atoms with van der Waals surface area (Å²) in [7, 11) is 0. The summed E-state index contributed by atoms with van der Waals surface area (Å²) in [6.45, 7) is 14.4. The Hall–Kier alpha value is -2.16. The number of hydrogen-bond donors (Lipinski definition) is 0. The van der Waals surface area contributed by atoms with E-state index in [4.69, 9.17) is 0 Å². The van der Waals surface area contributed by atoms with E-state index in [1.54, 1.807) is 6.20 Å². The molecule has 0 aliphatic carbocycles. The minimum Gasteiger partial charge on any atom is -0.328 e. The normalized spacial score (nSPS) is 14.6. The maximum atomic E-state index is 13.2. The molecule has 0 saturated heterocycles. The highest BCUT2D eigenvalue weighted by Gasteiger charge is 2.27. The van der Waals surface area contributed by atoms with Crippen LogP contribution in [0.25, 0.3) is 0 Å². The number of aromatic nitrogens is 1. The molecule has 0 spiro atoms. The highest BCUT2D eigenvalue weighted by atomic mass is 16.2. The SMILES string of the molecule is CC(C)(C)c1cc(C(=O)N2Cc3cccnc3C2)cc(C(C)(C)C)c1. The van der Waals surface area contributed by atoms with E-state index < -0.39 is 0 Å². The van der Waals surface area contributed by atoms with E-state index in [2.05, 4.69) is 70.8 Å². The Morgan fingerprint density at radius 1 is 0.960 bits per heavy atom. The van der Waals surface area contributed by atoms with Crippen LogP contribution in [0, 0.1) is 0 Å². The molecule has 25 heavy (non-hydrogen) atoms. The molecular formula is C22H28N2O. The first kappa shape index (κ1) is 17.7. The smallest absolute Gasteiger partial charge is 0.254 e. The number of rotatable bonds is 1. The van der Waals surface area contributed by atoms with Gasteiger partial charge in [0.15, 0.2) is 0 Å². The summed E-state index contributed by atoms with van der Waals surface area (Å²) in [5.41, 5.74) is 5.37. The highest BCUT2D eigenvalue weighted by Crippen LogP contribution is 2.31. The van der Waals surface area contributed by atoms with Crippen molar-refractivity contribution in [3.05, 3.63) is 64.5 Å². The third-order valence-electron chi connectivity index (χ3n) is 4.89. The quantitative estimate of drug-likeness (QED) is 0.747. The second-order valence-electron chi connectivity index (χ2n) is 9.07. The molecule has 1 aromatic heterocycles. The molecule has 0 saturated carbocycles. The molecule has 0 radical (unpaired) electrons. The summed E-state index contributed by atoms with van der Waals surface area (Å²) in [4.78, 5) is 19.5. The predicted molar refractivity (Wildman–Crippen MR) is 102 cm³/mol. The van der Waals surface area contributed by atoms with E-state index in [0.717, 1.165) is 16.8 Å². The first-order chi connectivity index (χ1) is 11.6. The number of nitrogens with zero attached hydrogens (tertiary/aromatic N) is 2. The van der Waals surface area contributed by atoms with Gasteiger partial charge in [-0.1, -0.05) is 53.7 Å². The lowest BCUT2D eigenvalue weighted by Gasteiger charge is -2.27. The van der Waals surface area contributed by atoms with Crippen molar-refractivity contribution in [3.63, 3.8) is 0 Å². The standard InChI is InChI=1S/C22H28N2O/c1-21(2,3)17-10-16(11-18(12-17)22(4,5)6)20(25)24-13-15-8-7-9-23-19(15)14-24/h7-12H,13-14H2,1-6H3. The fourth-order valence-electron chi connectivity index (χ4n) is 3.14. The van der Waals surface area contributed by atoms with Crippen LogP contribution in [0.1, 0.15) is 74.3 Å². The van der Waals surface area contributed by atoms with Gasteiger partial charge in [0.25, 0.3) is 5.91 Å². The summed E-state index contributed by atoms with van der Waals surface area (Å²) < 4.78 is 0. The Morgan fingerprint density at radius 2 is 1.56 bits per heavy atom. The molecule has 3 nitrogen and oxygen atoms in total. The fraction of sp³-hybridized carbons (Fsp3) is 0.455. The molecule has 0 bridgehead atoms. The molecule has 1 aliphatic heterocycles. The molecule has 0 unspecified atom stereocenters. The van der Waals surface area contributed by atoms with Gasteiger partial charge >= 0.3 is 0 Å². The van der Waals surface area contributed by atoms with E-state index in [1.165, 1.54) is 11.1 Å². The third kappa shape index (κ3) is 3.60. The lowest BCUT2D eigenvalue weighted by molar-refractivity contribution is 0.0750. The van der Waals surface area contributed by atoms with Crippen molar-refractivity contribution in [2.24, 2.45) is 0 Å². The van der Waals surface area contributed by atoms with E-state index in [9.17, 15) is 4.79 Å². The van der Waals surface area contributed by atoms with Gasteiger partial charge in [0.05, 0.1) is 12.2 Å². The van der Waals surface area contributed by atoms with Crippen molar-refractivity contribution < 1.29 is 4.79 Å². The minimum atomic E-state index is 0.00577. The molecule has 0 N–H and O–H groups in total. The van der Waals surface area contributed by atoms with Crippen LogP contribution in [-0.4, -0.2) is 15.8 Å². The van der Waals surface area contributed by atoms with Crippen molar-refractivity contribution in [1.82, 2.24) is 9.88 Å². The van der Waals surface area contributed by atoms with Gasteiger partial charge in [0.2, 0.25) is 0 Å². The molecule has 0 fully saturated rings. The van der Waals surface area contributed by atoms with Gasteiger partial charge in [-0.15, -0.1) is 0 Å². The summed E-state index contributed by atoms with van der Waals surface area (Å²) in [5.74, 6) is 0.0922. The van der Waals surface area contributed by atoms with Crippen molar-refractivity contribution in [2.75, 3.05) is 0 Å². The Kier molecular flexibility index (Phi) is 4.22. The first-order valence-corrected chi connectivity index (χ1v) is 8.94. The Labute approximate surface area is 151 Å². The number of carbonyl (C=O) groups excluding carboxylic acids is 1. The van der Waals surface area contributed by atoms with Gasteiger partial charge in [0.1, 0.15) is 0 Å². The van der Waals surface area contributed by atoms with Crippen molar-refractivity contribution in [3.8, 4) is 0 Å². The van der Waals surface area contributed by atoms with Crippen LogP contribution in [0.5, 0.6) is 0 Å². The lowest BCUT2D eigenvalue weighted by Crippen LogP contribution is -2.27. The minimum absolute atomic E-state index is 0.00577. The third-order valence-corrected chi connectivity index (χ3v) is 4.89. The number of pyridine rings is 1. The van der Waals surface area contributed by atoms with Gasteiger partial charge in [-0.3, -0.25) is 9.78 Å². The van der Waals surface area contributed by atoms with Crippen molar-refractivity contribution >= 4 is 5.91 Å². The van der Waals surface area contributed by atoms with Crippen LogP contribution in [0.4, 0.5) is 0 Å². The van der Waals surface area contributed by atoms with Gasteiger partial charge in [0, 0.05) is 18.3 Å². The monoisotopic (exact) mass is 336 g/mol. The Balaban J connectivity index is 1.98. The molecule has 2 aromatic rings. The molecule has 1 aromatic carbocycles. The zero-order valence-corrected chi connectivity index (χ0v) is 16.2. The molecule has 0 atom stereocenters. The lowest BCUT2D eigenvalue weighted by atomic mass is 9.79. The predicted octanol–water partition coefficient (Wildman–Crippen LogP) is 4.83. The van der Waals surface area contributed by atoms with Gasteiger partial charge < -0.3 is 4.90 Å². The number of benzene rings is 1. The number of fused-ring (bicyclic) bond motifs is 1. The van der Waals surface area contributed by atoms with Crippen LogP contribution in [0.3, 0.4) is 0 Å². The maximum absolute atomic E-state index is 13.2. The average molecular weight is 336 g/mol. The molecular weight excluding hydrogens is 308 g/mol. The van der Waals surface area contributed by atoms with Crippen LogP contribution in [0.15, 0.2) is 36.5 Å². The van der Waals surface area contributed by atoms with Crippen LogP contribution >= 0.6 is 0 Å². The van der Waals surface area contributed by atoms with E-state index in [-0.39, 0.29) is 16.7 Å². The summed E-state index contributed by atoms with van der Waals surface area (Å²) >= 11 is 0. The van der Waals surface area contributed by atoms with Gasteiger partial charge in [-0.25, -0.2) is 0 Å². The number of hydrogen-bond acceptors (Lipinski definition) is 2. The average Bonchev–Trinajstić information content (AvgIpc) is 2.96.